The van der Waals surface area contributed by atoms with Crippen molar-refractivity contribution < 1.29 is 28.8 Å². The van der Waals surface area contributed by atoms with Crippen molar-refractivity contribution in [1.29, 1.82) is 0 Å². The molecule has 31 heavy (non-hydrogen) atoms. The second kappa shape index (κ2) is 9.00. The van der Waals surface area contributed by atoms with Gasteiger partial charge >= 0.3 is 5.97 Å². The summed E-state index contributed by atoms with van der Waals surface area (Å²) < 4.78 is 22.0. The maximum Gasteiger partial charge on any atom is 0.342 e. The summed E-state index contributed by atoms with van der Waals surface area (Å²) in [4.78, 5) is 15.9. The van der Waals surface area contributed by atoms with Crippen LogP contribution in [0.5, 0.6) is 23.0 Å². The zero-order valence-electron chi connectivity index (χ0n) is 16.7. The Hall–Kier alpha value is -3.66. The first kappa shape index (κ1) is 20.6. The number of aliphatic carboxylic acids is 1. The SMILES string of the molecule is COc1cc(/C=C(\Sc2n[nH]c(C)n2)C(=O)O)ccc1OCc1ccc2c(c1)OCO2. The van der Waals surface area contributed by atoms with Crippen molar-refractivity contribution in [2.75, 3.05) is 13.9 Å². The number of rotatable bonds is 8. The predicted octanol–water partition coefficient (Wildman–Crippen LogP) is 3.65. The minimum absolute atomic E-state index is 0.0788. The number of fused-ring (bicyclic) bond motifs is 1. The van der Waals surface area contributed by atoms with E-state index in [0.29, 0.717) is 46.1 Å². The number of aromatic amines is 1. The highest BCUT2D eigenvalue weighted by molar-refractivity contribution is 8.04. The van der Waals surface area contributed by atoms with E-state index in [1.807, 2.05) is 18.2 Å². The molecule has 0 saturated heterocycles. The highest BCUT2D eigenvalue weighted by Crippen LogP contribution is 2.34. The predicted molar refractivity (Wildman–Crippen MR) is 112 cm³/mol. The van der Waals surface area contributed by atoms with Crippen LogP contribution in [0.25, 0.3) is 6.08 Å². The molecule has 2 N–H and O–H groups in total. The van der Waals surface area contributed by atoms with E-state index in [-0.39, 0.29) is 11.7 Å². The molecule has 1 aliphatic rings. The largest absolute Gasteiger partial charge is 0.493 e. The van der Waals surface area contributed by atoms with Gasteiger partial charge in [-0.05, 0) is 60.2 Å². The summed E-state index contributed by atoms with van der Waals surface area (Å²) in [5.74, 6) is 1.95. The number of hydrogen-bond acceptors (Lipinski definition) is 8. The van der Waals surface area contributed by atoms with Crippen LogP contribution in [0.4, 0.5) is 0 Å². The second-order valence-corrected chi connectivity index (χ2v) is 7.51. The lowest BCUT2D eigenvalue weighted by Gasteiger charge is -2.12. The van der Waals surface area contributed by atoms with E-state index in [4.69, 9.17) is 18.9 Å². The van der Waals surface area contributed by atoms with Gasteiger partial charge in [0.05, 0.1) is 7.11 Å². The summed E-state index contributed by atoms with van der Waals surface area (Å²) >= 11 is 0.961. The number of thioether (sulfide) groups is 1. The van der Waals surface area contributed by atoms with Crippen LogP contribution in [0.3, 0.4) is 0 Å². The molecule has 1 aliphatic heterocycles. The normalized spacial score (nSPS) is 12.6. The summed E-state index contributed by atoms with van der Waals surface area (Å²) in [6.07, 6.45) is 1.53. The minimum Gasteiger partial charge on any atom is -0.493 e. The molecule has 10 heteroatoms. The molecule has 0 fully saturated rings. The van der Waals surface area contributed by atoms with Crippen molar-refractivity contribution in [2.24, 2.45) is 0 Å². The highest BCUT2D eigenvalue weighted by atomic mass is 32.2. The fraction of sp³-hybridized carbons (Fsp3) is 0.190. The van der Waals surface area contributed by atoms with Gasteiger partial charge in [-0.2, -0.15) is 0 Å². The lowest BCUT2D eigenvalue weighted by molar-refractivity contribution is -0.131. The number of aryl methyl sites for hydroxylation is 1. The molecule has 9 nitrogen and oxygen atoms in total. The third-order valence-electron chi connectivity index (χ3n) is 4.31. The number of methoxy groups -OCH3 is 1. The van der Waals surface area contributed by atoms with E-state index in [2.05, 4.69) is 15.2 Å². The van der Waals surface area contributed by atoms with Crippen LogP contribution >= 0.6 is 11.8 Å². The molecule has 0 radical (unpaired) electrons. The molecule has 0 unspecified atom stereocenters. The van der Waals surface area contributed by atoms with Crippen LogP contribution in [0.1, 0.15) is 17.0 Å². The minimum atomic E-state index is -1.07. The zero-order valence-corrected chi connectivity index (χ0v) is 17.6. The van der Waals surface area contributed by atoms with E-state index in [0.717, 1.165) is 17.3 Å². The Morgan fingerprint density at radius 1 is 1.23 bits per heavy atom. The first-order valence-corrected chi connectivity index (χ1v) is 10.0. The molecule has 0 bridgehead atoms. The molecule has 0 amide bonds. The Balaban J connectivity index is 1.50. The standard InChI is InChI=1S/C21H19N3O6S/c1-12-22-21(24-23-12)31-19(20(25)26)9-13-3-5-15(17(7-13)27-2)28-10-14-4-6-16-18(8-14)30-11-29-16/h3-9H,10-11H2,1-2H3,(H,25,26)(H,22,23,24)/b19-9-. The van der Waals surface area contributed by atoms with Crippen LogP contribution in [-0.4, -0.2) is 40.2 Å². The molecule has 0 atom stereocenters. The van der Waals surface area contributed by atoms with Crippen molar-refractivity contribution in [1.82, 2.24) is 15.2 Å². The molecular weight excluding hydrogens is 422 g/mol. The third kappa shape index (κ3) is 4.92. The number of carboxylic acid groups (broad SMARTS) is 1. The molecule has 0 spiro atoms. The van der Waals surface area contributed by atoms with E-state index >= 15 is 0 Å². The van der Waals surface area contributed by atoms with Gasteiger partial charge in [0.25, 0.3) is 0 Å². The van der Waals surface area contributed by atoms with Gasteiger partial charge in [-0.25, -0.2) is 9.78 Å². The second-order valence-electron chi connectivity index (χ2n) is 6.51. The van der Waals surface area contributed by atoms with Crippen molar-refractivity contribution in [2.45, 2.75) is 18.7 Å². The summed E-state index contributed by atoms with van der Waals surface area (Å²) in [5.41, 5.74) is 1.56. The fourth-order valence-electron chi connectivity index (χ4n) is 2.84. The fourth-order valence-corrected chi connectivity index (χ4v) is 3.59. The van der Waals surface area contributed by atoms with Crippen LogP contribution in [0.2, 0.25) is 0 Å². The van der Waals surface area contributed by atoms with Crippen LogP contribution in [-0.2, 0) is 11.4 Å². The maximum absolute atomic E-state index is 11.6. The van der Waals surface area contributed by atoms with Gasteiger partial charge in [0.15, 0.2) is 23.0 Å². The van der Waals surface area contributed by atoms with Gasteiger partial charge in [0.2, 0.25) is 11.9 Å². The molecule has 2 heterocycles. The Morgan fingerprint density at radius 3 is 2.81 bits per heavy atom. The molecule has 0 saturated carbocycles. The number of benzene rings is 2. The Morgan fingerprint density at radius 2 is 2.06 bits per heavy atom. The number of carbonyl (C=O) groups is 1. The van der Waals surface area contributed by atoms with Gasteiger partial charge in [-0.3, -0.25) is 5.10 Å². The van der Waals surface area contributed by atoms with Gasteiger partial charge in [-0.1, -0.05) is 12.1 Å². The summed E-state index contributed by atoms with van der Waals surface area (Å²) in [6.45, 7) is 2.27. The Labute approximate surface area is 182 Å². The van der Waals surface area contributed by atoms with Crippen molar-refractivity contribution in [3.63, 3.8) is 0 Å². The van der Waals surface area contributed by atoms with Crippen molar-refractivity contribution in [3.05, 3.63) is 58.3 Å². The zero-order chi connectivity index (χ0) is 21.8. The highest BCUT2D eigenvalue weighted by Gasteiger charge is 2.15. The summed E-state index contributed by atoms with van der Waals surface area (Å²) in [7, 11) is 1.53. The molecular formula is C21H19N3O6S. The van der Waals surface area contributed by atoms with Crippen LogP contribution < -0.4 is 18.9 Å². The molecule has 3 aromatic rings. The van der Waals surface area contributed by atoms with E-state index in [9.17, 15) is 9.90 Å². The number of nitrogens with one attached hydrogen (secondary N) is 1. The van der Waals surface area contributed by atoms with Crippen molar-refractivity contribution in [3.8, 4) is 23.0 Å². The van der Waals surface area contributed by atoms with Crippen molar-refractivity contribution >= 4 is 23.8 Å². The number of aromatic nitrogens is 3. The van der Waals surface area contributed by atoms with Crippen LogP contribution in [0.15, 0.2) is 46.5 Å². The van der Waals surface area contributed by atoms with E-state index in [1.165, 1.54) is 13.2 Å². The van der Waals surface area contributed by atoms with Gasteiger partial charge in [-0.15, -0.1) is 5.10 Å². The lowest BCUT2D eigenvalue weighted by Crippen LogP contribution is -1.99. The number of hydrogen-bond donors (Lipinski definition) is 2. The number of H-pyrrole nitrogens is 1. The first-order valence-electron chi connectivity index (χ1n) is 9.23. The quantitative estimate of drug-likeness (QED) is 0.399. The molecule has 160 valence electrons. The topological polar surface area (TPSA) is 116 Å². The number of nitrogens with zero attached hydrogens (tertiary/aromatic N) is 2. The molecule has 0 aliphatic carbocycles. The van der Waals surface area contributed by atoms with E-state index < -0.39 is 5.97 Å². The molecule has 2 aromatic carbocycles. The Bertz CT molecular complexity index is 1140. The first-order chi connectivity index (χ1) is 15.0. The van der Waals surface area contributed by atoms with Crippen LogP contribution in [0, 0.1) is 6.92 Å². The third-order valence-corrected chi connectivity index (χ3v) is 5.18. The van der Waals surface area contributed by atoms with E-state index in [1.54, 1.807) is 25.1 Å². The maximum atomic E-state index is 11.6. The average Bonchev–Trinajstić information content (AvgIpc) is 3.40. The number of carboxylic acids is 1. The molecule has 1 aromatic heterocycles. The molecule has 4 rings (SSSR count). The van der Waals surface area contributed by atoms with Gasteiger partial charge in [0, 0.05) is 0 Å². The van der Waals surface area contributed by atoms with Gasteiger partial charge < -0.3 is 24.1 Å². The smallest absolute Gasteiger partial charge is 0.342 e. The Kier molecular flexibility index (Phi) is 5.99. The summed E-state index contributed by atoms with van der Waals surface area (Å²) in [6, 6.07) is 10.8. The lowest BCUT2D eigenvalue weighted by atomic mass is 10.2. The average molecular weight is 441 g/mol. The van der Waals surface area contributed by atoms with Gasteiger partial charge in [0.1, 0.15) is 17.3 Å². The number of ether oxygens (including phenoxy) is 4. The monoisotopic (exact) mass is 441 g/mol. The summed E-state index contributed by atoms with van der Waals surface area (Å²) in [5, 5.41) is 16.5.